The first-order valence-electron chi connectivity index (χ1n) is 16.3. The number of benzene rings is 2. The minimum absolute atomic E-state index is 0.0768. The minimum atomic E-state index is -0.346. The fraction of sp³-hybridized carbons (Fsp3) is 0.541. The zero-order valence-corrected chi connectivity index (χ0v) is 28.3. The van der Waals surface area contributed by atoms with Gasteiger partial charge in [-0.05, 0) is 80.0 Å². The summed E-state index contributed by atoms with van der Waals surface area (Å²) in [4.78, 5) is 31.6. The predicted molar refractivity (Wildman–Crippen MR) is 185 cm³/mol. The molecule has 0 aliphatic heterocycles. The van der Waals surface area contributed by atoms with Crippen LogP contribution in [-0.4, -0.2) is 63.7 Å². The summed E-state index contributed by atoms with van der Waals surface area (Å²) in [5.74, 6) is 0.0142. The van der Waals surface area contributed by atoms with Crippen LogP contribution in [0.2, 0.25) is 0 Å². The number of carbonyl (C=O) groups is 3. The molecule has 2 rings (SSSR count). The number of hydrogen-bond donors (Lipinski definition) is 4. The van der Waals surface area contributed by atoms with Gasteiger partial charge < -0.3 is 30.6 Å². The van der Waals surface area contributed by atoms with E-state index in [9.17, 15) is 9.59 Å². The van der Waals surface area contributed by atoms with E-state index in [4.69, 9.17) is 14.6 Å². The molecule has 2 aromatic carbocycles. The van der Waals surface area contributed by atoms with Gasteiger partial charge in [0.15, 0.2) is 0 Å². The number of nitrogens with one attached hydrogen (secondary N) is 3. The lowest BCUT2D eigenvalue weighted by molar-refractivity contribution is -0.123. The molecule has 0 aromatic heterocycles. The number of allylic oxidation sites excluding steroid dienone is 1. The highest BCUT2D eigenvalue weighted by atomic mass is 16.5. The highest BCUT2D eigenvalue weighted by Gasteiger charge is 2.10. The van der Waals surface area contributed by atoms with Crippen LogP contribution in [0.15, 0.2) is 60.8 Å². The smallest absolute Gasteiger partial charge is 0.220 e. The lowest BCUT2D eigenvalue weighted by Crippen LogP contribution is -2.40. The molecule has 252 valence electrons. The van der Waals surface area contributed by atoms with E-state index in [1.807, 2.05) is 13.8 Å². The molecular weight excluding hydrogens is 566 g/mol. The Morgan fingerprint density at radius 2 is 1.24 bits per heavy atom. The Bertz CT molecular complexity index is 1040. The van der Waals surface area contributed by atoms with Crippen molar-refractivity contribution in [2.24, 2.45) is 0 Å². The van der Waals surface area contributed by atoms with Gasteiger partial charge in [0.25, 0.3) is 0 Å². The van der Waals surface area contributed by atoms with Gasteiger partial charge in [-0.1, -0.05) is 75.4 Å². The van der Waals surface area contributed by atoms with Crippen LogP contribution < -0.4 is 16.0 Å². The van der Waals surface area contributed by atoms with Gasteiger partial charge in [0.05, 0.1) is 19.3 Å². The third-order valence-electron chi connectivity index (χ3n) is 7.39. The number of aryl methyl sites for hydroxylation is 4. The van der Waals surface area contributed by atoms with E-state index in [2.05, 4.69) is 84.9 Å². The molecule has 0 spiro atoms. The van der Waals surface area contributed by atoms with Crippen molar-refractivity contribution in [3.63, 3.8) is 0 Å². The maximum Gasteiger partial charge on any atom is 0.220 e. The summed E-state index contributed by atoms with van der Waals surface area (Å²) in [6.07, 6.45) is 10.8. The average Bonchev–Trinajstić information content (AvgIpc) is 3.07. The second kappa shape index (κ2) is 28.0. The van der Waals surface area contributed by atoms with Gasteiger partial charge >= 0.3 is 0 Å². The highest BCUT2D eigenvalue weighted by molar-refractivity contribution is 5.76. The maximum atomic E-state index is 11.9. The monoisotopic (exact) mass is 625 g/mol. The van der Waals surface area contributed by atoms with E-state index in [1.54, 1.807) is 0 Å². The molecule has 1 atom stereocenters. The van der Waals surface area contributed by atoms with Crippen LogP contribution in [0.25, 0.3) is 0 Å². The van der Waals surface area contributed by atoms with Crippen LogP contribution in [0.3, 0.4) is 0 Å². The lowest BCUT2D eigenvalue weighted by Gasteiger charge is -2.15. The highest BCUT2D eigenvalue weighted by Crippen LogP contribution is 2.10. The van der Waals surface area contributed by atoms with Gasteiger partial charge in [-0.3, -0.25) is 9.59 Å². The summed E-state index contributed by atoms with van der Waals surface area (Å²) in [6.45, 7) is 11.1. The molecule has 1 unspecified atom stereocenters. The fourth-order valence-corrected chi connectivity index (χ4v) is 4.51. The number of aliphatic hydroxyl groups is 1. The first-order valence-corrected chi connectivity index (χ1v) is 16.3. The molecule has 0 bridgehead atoms. The normalized spacial score (nSPS) is 10.8. The number of amides is 2. The van der Waals surface area contributed by atoms with E-state index in [0.717, 1.165) is 63.5 Å². The number of rotatable bonds is 21. The number of ether oxygens (including phenoxy) is 1. The summed E-state index contributed by atoms with van der Waals surface area (Å²) in [7, 11) is 3.46. The molecule has 4 N–H and O–H groups in total. The summed E-state index contributed by atoms with van der Waals surface area (Å²) in [5.41, 5.74) is 6.58. The van der Waals surface area contributed by atoms with Gasteiger partial charge in [0, 0.05) is 39.2 Å². The van der Waals surface area contributed by atoms with Gasteiger partial charge in [0.2, 0.25) is 11.8 Å². The van der Waals surface area contributed by atoms with Crippen LogP contribution in [0.4, 0.5) is 0 Å². The zero-order valence-electron chi connectivity index (χ0n) is 28.3. The Hall–Kier alpha value is -3.49. The van der Waals surface area contributed by atoms with Crippen molar-refractivity contribution in [2.45, 2.75) is 96.9 Å². The van der Waals surface area contributed by atoms with Crippen LogP contribution in [-0.2, 0) is 44.8 Å². The standard InChI is InChI=1S/C22H36N2O4.C14H21N.CH2O/c1-3-18-11-13-19(14-12-18)8-7-10-21(26)23-15-6-4-5-9-22(27)24-20(16-25)17-28-2;1-4-13-8-10-14(11-9-13)7-5-6-12(2)15-3;1-2/h11-14,20,25H,3-10,15-17H2,1-2H3,(H,23,26)(H,24,27);8-11,15H,2,4-7H2,1,3H3;1H2. The topological polar surface area (TPSA) is 117 Å². The summed E-state index contributed by atoms with van der Waals surface area (Å²) < 4.78 is 4.92. The van der Waals surface area contributed by atoms with Crippen molar-refractivity contribution in [1.29, 1.82) is 0 Å². The van der Waals surface area contributed by atoms with Crippen molar-refractivity contribution >= 4 is 18.6 Å². The number of hydrogen-bond acceptors (Lipinski definition) is 6. The van der Waals surface area contributed by atoms with Crippen molar-refractivity contribution in [3.8, 4) is 0 Å². The SMILES string of the molecule is C=C(CCCc1ccc(CC)cc1)NC.C=O.CCc1ccc(CCCC(=O)NCCCCCC(=O)NC(CO)COC)cc1. The molecule has 45 heavy (non-hydrogen) atoms. The summed E-state index contributed by atoms with van der Waals surface area (Å²) >= 11 is 0. The molecule has 0 aliphatic rings. The van der Waals surface area contributed by atoms with Crippen LogP contribution in [0.5, 0.6) is 0 Å². The third kappa shape index (κ3) is 21.8. The van der Waals surface area contributed by atoms with E-state index in [0.29, 0.717) is 26.0 Å². The molecule has 0 aliphatic carbocycles. The molecule has 0 radical (unpaired) electrons. The first-order chi connectivity index (χ1) is 21.8. The molecule has 2 amide bonds. The maximum absolute atomic E-state index is 11.9. The predicted octanol–water partition coefficient (Wildman–Crippen LogP) is 5.49. The average molecular weight is 626 g/mol. The minimum Gasteiger partial charge on any atom is -0.394 e. The van der Waals surface area contributed by atoms with E-state index in [-0.39, 0.29) is 24.5 Å². The van der Waals surface area contributed by atoms with E-state index in [1.165, 1.54) is 35.8 Å². The second-order valence-electron chi connectivity index (χ2n) is 11.0. The Kier molecular flexibility index (Phi) is 25.8. The molecular formula is C37H59N3O5. The molecule has 0 heterocycles. The van der Waals surface area contributed by atoms with E-state index < -0.39 is 0 Å². The molecule has 2 aromatic rings. The summed E-state index contributed by atoms with van der Waals surface area (Å²) in [5, 5.41) is 17.9. The number of aliphatic hydroxyl groups excluding tert-OH is 1. The lowest BCUT2D eigenvalue weighted by atomic mass is 10.0. The Labute approximate surface area is 272 Å². The fourth-order valence-electron chi connectivity index (χ4n) is 4.51. The molecule has 0 saturated heterocycles. The van der Waals surface area contributed by atoms with Crippen molar-refractivity contribution in [1.82, 2.24) is 16.0 Å². The molecule has 8 heteroatoms. The molecule has 0 fully saturated rings. The van der Waals surface area contributed by atoms with Gasteiger partial charge in [0.1, 0.15) is 6.79 Å². The first kappa shape index (κ1) is 41.5. The van der Waals surface area contributed by atoms with Crippen molar-refractivity contribution < 1.29 is 24.2 Å². The largest absolute Gasteiger partial charge is 0.394 e. The number of methoxy groups -OCH3 is 1. The van der Waals surface area contributed by atoms with Crippen LogP contribution in [0.1, 0.15) is 87.5 Å². The van der Waals surface area contributed by atoms with Crippen LogP contribution in [0, 0.1) is 0 Å². The zero-order chi connectivity index (χ0) is 33.7. The van der Waals surface area contributed by atoms with E-state index >= 15 is 0 Å². The van der Waals surface area contributed by atoms with Crippen LogP contribution >= 0.6 is 0 Å². The number of unbranched alkanes of at least 4 members (excludes halogenated alkanes) is 2. The Balaban J connectivity index is 0.000000955. The third-order valence-corrected chi connectivity index (χ3v) is 7.39. The Morgan fingerprint density at radius 3 is 1.71 bits per heavy atom. The van der Waals surface area contributed by atoms with Crippen molar-refractivity contribution in [2.75, 3.05) is 33.9 Å². The summed E-state index contributed by atoms with van der Waals surface area (Å²) in [6, 6.07) is 17.2. The van der Waals surface area contributed by atoms with Gasteiger partial charge in [-0.2, -0.15) is 0 Å². The Morgan fingerprint density at radius 1 is 0.756 bits per heavy atom. The number of carbonyl (C=O) groups excluding carboxylic acids is 3. The van der Waals surface area contributed by atoms with Gasteiger partial charge in [-0.15, -0.1) is 0 Å². The van der Waals surface area contributed by atoms with Gasteiger partial charge in [-0.25, -0.2) is 0 Å². The molecule has 8 nitrogen and oxygen atoms in total. The van der Waals surface area contributed by atoms with Crippen molar-refractivity contribution in [3.05, 3.63) is 83.1 Å². The second-order valence-corrected chi connectivity index (χ2v) is 11.0. The quantitative estimate of drug-likeness (QED) is 0.136. The molecule has 0 saturated carbocycles.